The summed E-state index contributed by atoms with van der Waals surface area (Å²) in [6, 6.07) is 8.31. The molecule has 0 aliphatic heterocycles. The van der Waals surface area contributed by atoms with Gasteiger partial charge in [0.05, 0.1) is 20.3 Å². The minimum atomic E-state index is 0.139. The van der Waals surface area contributed by atoms with E-state index in [0.29, 0.717) is 6.54 Å². The van der Waals surface area contributed by atoms with Crippen LogP contribution < -0.4 is 4.74 Å². The minimum Gasteiger partial charge on any atom is -0.497 e. The highest BCUT2D eigenvalue weighted by atomic mass is 16.5. The molecule has 0 aliphatic carbocycles. The summed E-state index contributed by atoms with van der Waals surface area (Å²) in [6.45, 7) is 2.85. The van der Waals surface area contributed by atoms with Crippen LogP contribution in [0.1, 0.15) is 29.7 Å². The van der Waals surface area contributed by atoms with Gasteiger partial charge in [-0.05, 0) is 61.9 Å². The third-order valence-electron chi connectivity index (χ3n) is 3.80. The fourth-order valence-electron chi connectivity index (χ4n) is 2.57. The third-order valence-corrected chi connectivity index (χ3v) is 3.80. The van der Waals surface area contributed by atoms with Gasteiger partial charge in [0, 0.05) is 11.9 Å². The lowest BCUT2D eigenvalue weighted by molar-refractivity contribution is 0.267. The van der Waals surface area contributed by atoms with Crippen LogP contribution in [0.3, 0.4) is 0 Å². The van der Waals surface area contributed by atoms with Gasteiger partial charge in [-0.3, -0.25) is 4.68 Å². The zero-order chi connectivity index (χ0) is 15.1. The van der Waals surface area contributed by atoms with Crippen molar-refractivity contribution in [1.29, 1.82) is 0 Å². The Labute approximate surface area is 126 Å². The molecule has 0 atom stereocenters. The summed E-state index contributed by atoms with van der Waals surface area (Å²) in [5.74, 6) is 0.921. The molecule has 0 amide bonds. The summed E-state index contributed by atoms with van der Waals surface area (Å²) in [4.78, 5) is 0. The van der Waals surface area contributed by atoms with Crippen LogP contribution in [0.5, 0.6) is 5.75 Å². The molecule has 2 rings (SSSR count). The lowest BCUT2D eigenvalue weighted by Gasteiger charge is -2.09. The van der Waals surface area contributed by atoms with Crippen molar-refractivity contribution < 1.29 is 9.84 Å². The number of rotatable bonds is 8. The van der Waals surface area contributed by atoms with Crippen LogP contribution in [-0.2, 0) is 19.4 Å². The number of aliphatic hydroxyl groups is 1. The van der Waals surface area contributed by atoms with E-state index in [1.807, 2.05) is 16.8 Å². The van der Waals surface area contributed by atoms with E-state index in [1.54, 1.807) is 13.3 Å². The van der Waals surface area contributed by atoms with Crippen molar-refractivity contribution in [2.24, 2.45) is 0 Å². The zero-order valence-corrected chi connectivity index (χ0v) is 12.9. The second-order valence-corrected chi connectivity index (χ2v) is 5.27. The van der Waals surface area contributed by atoms with Crippen LogP contribution in [0.15, 0.2) is 30.5 Å². The van der Waals surface area contributed by atoms with Crippen LogP contribution in [0, 0.1) is 6.92 Å². The minimum absolute atomic E-state index is 0.139. The molecule has 0 saturated carbocycles. The largest absolute Gasteiger partial charge is 0.497 e. The maximum Gasteiger partial charge on any atom is 0.119 e. The molecule has 1 aromatic carbocycles. The molecule has 1 heterocycles. The van der Waals surface area contributed by atoms with Gasteiger partial charge in [-0.25, -0.2) is 0 Å². The molecule has 0 spiro atoms. The van der Waals surface area contributed by atoms with E-state index >= 15 is 0 Å². The van der Waals surface area contributed by atoms with Gasteiger partial charge in [-0.2, -0.15) is 5.10 Å². The van der Waals surface area contributed by atoms with Gasteiger partial charge in [0.15, 0.2) is 0 Å². The average molecular weight is 288 g/mol. The molecule has 0 bridgehead atoms. The van der Waals surface area contributed by atoms with Gasteiger partial charge in [0.1, 0.15) is 5.75 Å². The molecule has 1 aromatic heterocycles. The molecule has 0 radical (unpaired) electrons. The van der Waals surface area contributed by atoms with Crippen LogP contribution >= 0.6 is 0 Å². The maximum absolute atomic E-state index is 8.98. The summed E-state index contributed by atoms with van der Waals surface area (Å²) in [5.41, 5.74) is 3.88. The SMILES string of the molecule is COc1ccc(CCCCc2ccnn2CCO)c(C)c1. The molecule has 4 heteroatoms. The summed E-state index contributed by atoms with van der Waals surface area (Å²) in [7, 11) is 1.70. The Kier molecular flexibility index (Phi) is 5.81. The van der Waals surface area contributed by atoms with E-state index in [0.717, 1.165) is 31.4 Å². The number of benzene rings is 1. The Hall–Kier alpha value is -1.81. The van der Waals surface area contributed by atoms with E-state index in [1.165, 1.54) is 16.8 Å². The van der Waals surface area contributed by atoms with E-state index in [2.05, 4.69) is 24.2 Å². The van der Waals surface area contributed by atoms with Crippen molar-refractivity contribution in [2.45, 2.75) is 39.2 Å². The lowest BCUT2D eigenvalue weighted by Crippen LogP contribution is -2.08. The van der Waals surface area contributed by atoms with Gasteiger partial charge in [-0.1, -0.05) is 6.07 Å². The smallest absolute Gasteiger partial charge is 0.119 e. The second kappa shape index (κ2) is 7.84. The first-order chi connectivity index (χ1) is 10.2. The number of aliphatic hydroxyl groups excluding tert-OH is 1. The van der Waals surface area contributed by atoms with Crippen molar-refractivity contribution in [2.75, 3.05) is 13.7 Å². The Balaban J connectivity index is 1.80. The molecule has 4 nitrogen and oxygen atoms in total. The van der Waals surface area contributed by atoms with Crippen molar-refractivity contribution in [1.82, 2.24) is 9.78 Å². The monoisotopic (exact) mass is 288 g/mol. The quantitative estimate of drug-likeness (QED) is 0.760. The first-order valence-electron chi connectivity index (χ1n) is 7.49. The Morgan fingerprint density at radius 1 is 1.19 bits per heavy atom. The van der Waals surface area contributed by atoms with Crippen LogP contribution in [0.2, 0.25) is 0 Å². The number of ether oxygens (including phenoxy) is 1. The highest BCUT2D eigenvalue weighted by Gasteiger charge is 2.03. The molecular formula is C17H24N2O2. The van der Waals surface area contributed by atoms with Gasteiger partial charge < -0.3 is 9.84 Å². The average Bonchev–Trinajstić information content (AvgIpc) is 2.92. The number of hydrogen-bond donors (Lipinski definition) is 1. The topological polar surface area (TPSA) is 47.3 Å². The van der Waals surface area contributed by atoms with Gasteiger partial charge in [0.2, 0.25) is 0 Å². The first-order valence-corrected chi connectivity index (χ1v) is 7.49. The number of unbranched alkanes of at least 4 members (excludes halogenated alkanes) is 1. The van der Waals surface area contributed by atoms with E-state index < -0.39 is 0 Å². The standard InChI is InChI=1S/C17H24N2O2/c1-14-13-17(21-2)8-7-15(14)5-3-4-6-16-9-10-18-19(16)11-12-20/h7-10,13,20H,3-6,11-12H2,1-2H3. The highest BCUT2D eigenvalue weighted by molar-refractivity contribution is 5.34. The van der Waals surface area contributed by atoms with Crippen molar-refractivity contribution in [3.63, 3.8) is 0 Å². The summed E-state index contributed by atoms with van der Waals surface area (Å²) in [6.07, 6.45) is 6.18. The maximum atomic E-state index is 8.98. The predicted molar refractivity (Wildman–Crippen MR) is 83.7 cm³/mol. The van der Waals surface area contributed by atoms with Crippen molar-refractivity contribution >= 4 is 0 Å². The molecule has 21 heavy (non-hydrogen) atoms. The molecule has 0 fully saturated rings. The number of aromatic nitrogens is 2. The molecular weight excluding hydrogens is 264 g/mol. The lowest BCUT2D eigenvalue weighted by atomic mass is 10.0. The van der Waals surface area contributed by atoms with E-state index in [-0.39, 0.29) is 6.61 Å². The van der Waals surface area contributed by atoms with E-state index in [4.69, 9.17) is 9.84 Å². The Morgan fingerprint density at radius 3 is 2.71 bits per heavy atom. The van der Waals surface area contributed by atoms with E-state index in [9.17, 15) is 0 Å². The number of methoxy groups -OCH3 is 1. The molecule has 2 aromatic rings. The first kappa shape index (κ1) is 15.6. The summed E-state index contributed by atoms with van der Waals surface area (Å²) in [5, 5.41) is 13.2. The van der Waals surface area contributed by atoms with Crippen LogP contribution in [0.4, 0.5) is 0 Å². The van der Waals surface area contributed by atoms with Crippen molar-refractivity contribution in [3.8, 4) is 5.75 Å². The molecule has 114 valence electrons. The van der Waals surface area contributed by atoms with Crippen LogP contribution in [0.25, 0.3) is 0 Å². The highest BCUT2D eigenvalue weighted by Crippen LogP contribution is 2.19. The van der Waals surface area contributed by atoms with Crippen LogP contribution in [-0.4, -0.2) is 28.6 Å². The van der Waals surface area contributed by atoms with Crippen molar-refractivity contribution in [3.05, 3.63) is 47.3 Å². The molecule has 0 aliphatic rings. The number of hydrogen-bond acceptors (Lipinski definition) is 3. The predicted octanol–water partition coefficient (Wildman–Crippen LogP) is 2.76. The fraction of sp³-hybridized carbons (Fsp3) is 0.471. The second-order valence-electron chi connectivity index (χ2n) is 5.27. The van der Waals surface area contributed by atoms with Gasteiger partial charge >= 0.3 is 0 Å². The zero-order valence-electron chi connectivity index (χ0n) is 12.9. The third kappa shape index (κ3) is 4.33. The molecule has 0 saturated heterocycles. The molecule has 0 unspecified atom stereocenters. The summed E-state index contributed by atoms with van der Waals surface area (Å²) >= 11 is 0. The Morgan fingerprint density at radius 2 is 2.00 bits per heavy atom. The van der Waals surface area contributed by atoms with Gasteiger partial charge in [-0.15, -0.1) is 0 Å². The normalized spacial score (nSPS) is 10.8. The number of aryl methyl sites for hydroxylation is 3. The number of nitrogens with zero attached hydrogens (tertiary/aromatic N) is 2. The Bertz CT molecular complexity index is 564. The fourth-order valence-corrected chi connectivity index (χ4v) is 2.57. The van der Waals surface area contributed by atoms with Gasteiger partial charge in [0.25, 0.3) is 0 Å². The molecule has 1 N–H and O–H groups in total. The summed E-state index contributed by atoms with van der Waals surface area (Å²) < 4.78 is 7.12.